The number of aliphatic carboxylic acids is 1. The van der Waals surface area contributed by atoms with Crippen LogP contribution in [0.3, 0.4) is 0 Å². The molecule has 1 aromatic rings. The third-order valence-corrected chi connectivity index (χ3v) is 8.57. The molecular formula is C29H43N3O4. The monoisotopic (exact) mass is 497 g/mol. The molecule has 1 aromatic carbocycles. The van der Waals surface area contributed by atoms with Crippen LogP contribution >= 0.6 is 0 Å². The SMILES string of the molecule is CN(CCC1CCNCC1)C(=O)c1ccc2c(c1)CC(CC(=O)O)C(=O)N(CCC1CCCCC1)C2. The molecule has 2 fully saturated rings. The maximum absolute atomic E-state index is 13.4. The van der Waals surface area contributed by atoms with Crippen molar-refractivity contribution in [3.8, 4) is 0 Å². The summed E-state index contributed by atoms with van der Waals surface area (Å²) in [6.45, 7) is 4.02. The zero-order valence-corrected chi connectivity index (χ0v) is 21.8. The molecule has 0 aromatic heterocycles. The topological polar surface area (TPSA) is 90.0 Å². The Hall–Kier alpha value is -2.41. The minimum Gasteiger partial charge on any atom is -0.481 e. The predicted molar refractivity (Wildman–Crippen MR) is 140 cm³/mol. The van der Waals surface area contributed by atoms with E-state index in [4.69, 9.17) is 0 Å². The van der Waals surface area contributed by atoms with E-state index < -0.39 is 11.9 Å². The summed E-state index contributed by atoms with van der Waals surface area (Å²) in [5, 5.41) is 12.9. The Bertz CT molecular complexity index is 921. The molecule has 0 spiro atoms. The van der Waals surface area contributed by atoms with Crippen molar-refractivity contribution < 1.29 is 19.5 Å². The lowest BCUT2D eigenvalue weighted by atomic mass is 9.87. The zero-order chi connectivity index (χ0) is 25.5. The number of benzene rings is 1. The van der Waals surface area contributed by atoms with E-state index in [2.05, 4.69) is 5.32 Å². The molecule has 36 heavy (non-hydrogen) atoms. The lowest BCUT2D eigenvalue weighted by Gasteiger charge is -2.28. The maximum Gasteiger partial charge on any atom is 0.304 e. The van der Waals surface area contributed by atoms with Crippen LogP contribution in [0.25, 0.3) is 0 Å². The van der Waals surface area contributed by atoms with E-state index in [1.54, 1.807) is 4.90 Å². The Balaban J connectivity index is 1.45. The molecule has 1 aliphatic carbocycles. The number of carbonyl (C=O) groups is 3. The van der Waals surface area contributed by atoms with Gasteiger partial charge in [0.15, 0.2) is 0 Å². The van der Waals surface area contributed by atoms with Gasteiger partial charge < -0.3 is 20.2 Å². The van der Waals surface area contributed by atoms with Crippen LogP contribution in [-0.4, -0.2) is 65.9 Å². The van der Waals surface area contributed by atoms with Crippen LogP contribution in [-0.2, 0) is 22.6 Å². The Morgan fingerprint density at radius 3 is 2.47 bits per heavy atom. The van der Waals surface area contributed by atoms with Crippen molar-refractivity contribution in [2.24, 2.45) is 17.8 Å². The third-order valence-electron chi connectivity index (χ3n) is 8.57. The molecule has 198 valence electrons. The standard InChI is InChI=1S/C29H43N3O4/c1-31(15-11-22-9-13-30-14-10-22)28(35)23-7-8-24-20-32(16-12-21-5-3-2-4-6-21)29(36)26(19-27(33)34)18-25(24)17-23/h7-8,17,21-22,26,30H,2-6,9-16,18-20H2,1H3,(H,33,34). The number of piperidine rings is 1. The van der Waals surface area contributed by atoms with E-state index in [0.717, 1.165) is 56.4 Å². The van der Waals surface area contributed by atoms with Crippen LogP contribution in [0.15, 0.2) is 18.2 Å². The van der Waals surface area contributed by atoms with Gasteiger partial charge in [0.1, 0.15) is 0 Å². The van der Waals surface area contributed by atoms with E-state index in [9.17, 15) is 19.5 Å². The van der Waals surface area contributed by atoms with E-state index in [1.165, 1.54) is 32.1 Å². The quantitative estimate of drug-likeness (QED) is 0.536. The first kappa shape index (κ1) is 26.6. The molecule has 4 rings (SSSR count). The lowest BCUT2D eigenvalue weighted by molar-refractivity contribution is -0.144. The highest BCUT2D eigenvalue weighted by Gasteiger charge is 2.32. The van der Waals surface area contributed by atoms with E-state index >= 15 is 0 Å². The summed E-state index contributed by atoms with van der Waals surface area (Å²) in [6, 6.07) is 5.77. The molecule has 1 saturated heterocycles. The number of carboxylic acid groups (broad SMARTS) is 1. The summed E-state index contributed by atoms with van der Waals surface area (Å²) in [5.74, 6) is -0.279. The number of nitrogens with zero attached hydrogens (tertiary/aromatic N) is 2. The van der Waals surface area contributed by atoms with Gasteiger partial charge in [-0.2, -0.15) is 0 Å². The van der Waals surface area contributed by atoms with Crippen molar-refractivity contribution in [2.45, 2.75) is 77.2 Å². The molecule has 0 bridgehead atoms. The highest BCUT2D eigenvalue weighted by molar-refractivity contribution is 5.94. The first-order valence-corrected chi connectivity index (χ1v) is 14.0. The van der Waals surface area contributed by atoms with Gasteiger partial charge in [-0.1, -0.05) is 38.2 Å². The van der Waals surface area contributed by atoms with E-state index in [0.29, 0.717) is 36.9 Å². The molecule has 7 heteroatoms. The first-order valence-electron chi connectivity index (χ1n) is 14.0. The van der Waals surface area contributed by atoms with Gasteiger partial charge in [0.2, 0.25) is 5.91 Å². The van der Waals surface area contributed by atoms with Gasteiger partial charge in [0.05, 0.1) is 12.3 Å². The second-order valence-corrected chi connectivity index (χ2v) is 11.2. The number of amides is 2. The molecule has 3 aliphatic rings. The normalized spacial score (nSPS) is 21.6. The Morgan fingerprint density at radius 1 is 1.03 bits per heavy atom. The summed E-state index contributed by atoms with van der Waals surface area (Å²) in [7, 11) is 1.86. The molecule has 7 nitrogen and oxygen atoms in total. The number of hydrogen-bond donors (Lipinski definition) is 2. The van der Waals surface area contributed by atoms with Gasteiger partial charge >= 0.3 is 5.97 Å². The molecule has 1 saturated carbocycles. The summed E-state index contributed by atoms with van der Waals surface area (Å²) < 4.78 is 0. The second kappa shape index (κ2) is 12.7. The van der Waals surface area contributed by atoms with Gasteiger partial charge in [-0.3, -0.25) is 14.4 Å². The van der Waals surface area contributed by atoms with Gasteiger partial charge in [-0.05, 0) is 80.3 Å². The highest BCUT2D eigenvalue weighted by Crippen LogP contribution is 2.30. The number of nitrogens with one attached hydrogen (secondary N) is 1. The minimum atomic E-state index is -0.950. The molecule has 2 N–H and O–H groups in total. The smallest absolute Gasteiger partial charge is 0.304 e. The second-order valence-electron chi connectivity index (χ2n) is 11.2. The molecule has 2 heterocycles. The highest BCUT2D eigenvalue weighted by atomic mass is 16.4. The largest absolute Gasteiger partial charge is 0.481 e. The Morgan fingerprint density at radius 2 is 1.75 bits per heavy atom. The first-order chi connectivity index (χ1) is 17.4. The van der Waals surface area contributed by atoms with Crippen LogP contribution in [0.4, 0.5) is 0 Å². The van der Waals surface area contributed by atoms with Crippen molar-refractivity contribution in [3.05, 3.63) is 34.9 Å². The van der Waals surface area contributed by atoms with Crippen molar-refractivity contribution >= 4 is 17.8 Å². The molecule has 2 aliphatic heterocycles. The third kappa shape index (κ3) is 7.09. The fourth-order valence-electron chi connectivity index (χ4n) is 6.24. The van der Waals surface area contributed by atoms with E-state index in [1.807, 2.05) is 30.1 Å². The zero-order valence-electron chi connectivity index (χ0n) is 21.8. The van der Waals surface area contributed by atoms with Gasteiger partial charge in [0.25, 0.3) is 5.91 Å². The number of rotatable bonds is 9. The molecule has 1 unspecified atom stereocenters. The number of carboxylic acids is 1. The van der Waals surface area contributed by atoms with Crippen LogP contribution in [0.2, 0.25) is 0 Å². The summed E-state index contributed by atoms with van der Waals surface area (Å²) in [6.07, 6.45) is 10.8. The van der Waals surface area contributed by atoms with Crippen molar-refractivity contribution in [2.75, 3.05) is 33.2 Å². The van der Waals surface area contributed by atoms with Crippen LogP contribution < -0.4 is 5.32 Å². The van der Waals surface area contributed by atoms with Crippen molar-refractivity contribution in [1.82, 2.24) is 15.1 Å². The van der Waals surface area contributed by atoms with Crippen LogP contribution in [0, 0.1) is 17.8 Å². The predicted octanol–water partition coefficient (Wildman–Crippen LogP) is 4.09. The molecular weight excluding hydrogens is 454 g/mol. The number of fused-ring (bicyclic) bond motifs is 1. The summed E-state index contributed by atoms with van der Waals surface area (Å²) in [5.41, 5.74) is 2.60. The van der Waals surface area contributed by atoms with Gasteiger partial charge in [-0.25, -0.2) is 0 Å². The number of hydrogen-bond acceptors (Lipinski definition) is 4. The van der Waals surface area contributed by atoms with Gasteiger partial charge in [0, 0.05) is 32.2 Å². The average molecular weight is 498 g/mol. The van der Waals surface area contributed by atoms with Crippen molar-refractivity contribution in [3.63, 3.8) is 0 Å². The summed E-state index contributed by atoms with van der Waals surface area (Å²) >= 11 is 0. The maximum atomic E-state index is 13.4. The van der Waals surface area contributed by atoms with Gasteiger partial charge in [-0.15, -0.1) is 0 Å². The average Bonchev–Trinajstić information content (AvgIpc) is 3.02. The molecule has 0 radical (unpaired) electrons. The fourth-order valence-corrected chi connectivity index (χ4v) is 6.24. The Labute approximate surface area is 215 Å². The number of carbonyl (C=O) groups excluding carboxylic acids is 2. The molecule has 2 amide bonds. The minimum absolute atomic E-state index is 0.00810. The van der Waals surface area contributed by atoms with E-state index in [-0.39, 0.29) is 18.2 Å². The fraction of sp³-hybridized carbons (Fsp3) is 0.690. The molecule has 1 atom stereocenters. The van der Waals surface area contributed by atoms with Crippen molar-refractivity contribution in [1.29, 1.82) is 0 Å². The lowest BCUT2D eigenvalue weighted by Crippen LogP contribution is -2.37. The van der Waals surface area contributed by atoms with Crippen LogP contribution in [0.5, 0.6) is 0 Å². The van der Waals surface area contributed by atoms with Crippen LogP contribution in [0.1, 0.15) is 85.7 Å². The summed E-state index contributed by atoms with van der Waals surface area (Å²) in [4.78, 5) is 41.8. The Kier molecular flexibility index (Phi) is 9.41.